The van der Waals surface area contributed by atoms with E-state index < -0.39 is 0 Å². The molecule has 0 saturated carbocycles. The molecule has 3 unspecified atom stereocenters. The maximum absolute atomic E-state index is 5.83. The average molecular weight is 255 g/mol. The van der Waals surface area contributed by atoms with Crippen LogP contribution < -0.4 is 5.32 Å². The minimum atomic E-state index is 0.543. The largest absolute Gasteiger partial charge is 0.378 e. The highest BCUT2D eigenvalue weighted by Crippen LogP contribution is 2.21. The van der Waals surface area contributed by atoms with Gasteiger partial charge in [0.25, 0.3) is 0 Å². The summed E-state index contributed by atoms with van der Waals surface area (Å²) in [6.07, 6.45) is 11.0. The van der Waals surface area contributed by atoms with Gasteiger partial charge in [0.1, 0.15) is 0 Å². The molecular formula is C16H33NO. The van der Waals surface area contributed by atoms with Crippen LogP contribution in [0.4, 0.5) is 0 Å². The zero-order valence-corrected chi connectivity index (χ0v) is 12.7. The normalized spacial score (nSPS) is 23.8. The Kier molecular flexibility index (Phi) is 8.70. The third-order valence-corrected chi connectivity index (χ3v) is 4.07. The number of rotatable bonds is 9. The summed E-state index contributed by atoms with van der Waals surface area (Å²) in [6, 6.07) is 0.696. The second-order valence-electron chi connectivity index (χ2n) is 5.95. The maximum atomic E-state index is 5.83. The summed E-state index contributed by atoms with van der Waals surface area (Å²) in [5.74, 6) is 0.853. The maximum Gasteiger partial charge on any atom is 0.0575 e. The van der Waals surface area contributed by atoms with E-state index in [-0.39, 0.29) is 0 Å². The van der Waals surface area contributed by atoms with Gasteiger partial charge in [-0.1, -0.05) is 33.6 Å². The van der Waals surface area contributed by atoms with E-state index in [2.05, 4.69) is 26.1 Å². The Hall–Kier alpha value is -0.0800. The molecule has 0 aromatic rings. The minimum absolute atomic E-state index is 0.543. The summed E-state index contributed by atoms with van der Waals surface area (Å²) >= 11 is 0. The first kappa shape index (κ1) is 16.0. The van der Waals surface area contributed by atoms with Crippen molar-refractivity contribution in [3.05, 3.63) is 0 Å². The first-order valence-electron chi connectivity index (χ1n) is 8.11. The quantitative estimate of drug-likeness (QED) is 0.668. The summed E-state index contributed by atoms with van der Waals surface area (Å²) in [6.45, 7) is 8.98. The molecule has 0 aliphatic carbocycles. The predicted octanol–water partition coefficient (Wildman–Crippen LogP) is 4.14. The van der Waals surface area contributed by atoms with Crippen LogP contribution in [0.3, 0.4) is 0 Å². The van der Waals surface area contributed by atoms with E-state index >= 15 is 0 Å². The average Bonchev–Trinajstić information content (AvgIpc) is 2.38. The molecule has 0 aromatic carbocycles. The number of hydrogen-bond donors (Lipinski definition) is 1. The highest BCUT2D eigenvalue weighted by atomic mass is 16.5. The van der Waals surface area contributed by atoms with Gasteiger partial charge < -0.3 is 10.1 Å². The minimum Gasteiger partial charge on any atom is -0.378 e. The fraction of sp³-hybridized carbons (Fsp3) is 1.00. The van der Waals surface area contributed by atoms with Crippen LogP contribution in [0.25, 0.3) is 0 Å². The zero-order chi connectivity index (χ0) is 13.2. The SMILES string of the molecule is CCCC(C)CC(CCC1CCCCO1)NCC. The molecular weight excluding hydrogens is 222 g/mol. The molecule has 0 aromatic heterocycles. The highest BCUT2D eigenvalue weighted by Gasteiger charge is 2.17. The van der Waals surface area contributed by atoms with Crippen molar-refractivity contribution >= 4 is 0 Å². The Morgan fingerprint density at radius 2 is 2.06 bits per heavy atom. The van der Waals surface area contributed by atoms with Crippen LogP contribution in [0, 0.1) is 5.92 Å². The van der Waals surface area contributed by atoms with Crippen molar-refractivity contribution in [2.45, 2.75) is 84.3 Å². The van der Waals surface area contributed by atoms with Gasteiger partial charge in [-0.15, -0.1) is 0 Å². The van der Waals surface area contributed by atoms with Gasteiger partial charge in [-0.3, -0.25) is 0 Å². The third kappa shape index (κ3) is 6.75. The van der Waals surface area contributed by atoms with Gasteiger partial charge in [-0.05, 0) is 51.0 Å². The van der Waals surface area contributed by atoms with Gasteiger partial charge in [-0.2, -0.15) is 0 Å². The Labute approximate surface area is 114 Å². The molecule has 1 aliphatic rings. The Bertz CT molecular complexity index is 190. The van der Waals surface area contributed by atoms with Crippen molar-refractivity contribution in [3.63, 3.8) is 0 Å². The molecule has 0 spiro atoms. The smallest absolute Gasteiger partial charge is 0.0575 e. The van der Waals surface area contributed by atoms with Crippen LogP contribution in [0.15, 0.2) is 0 Å². The molecule has 1 saturated heterocycles. The number of hydrogen-bond acceptors (Lipinski definition) is 2. The first-order valence-corrected chi connectivity index (χ1v) is 8.11. The van der Waals surface area contributed by atoms with Crippen molar-refractivity contribution < 1.29 is 4.74 Å². The van der Waals surface area contributed by atoms with Crippen LogP contribution in [-0.2, 0) is 4.74 Å². The van der Waals surface area contributed by atoms with Crippen molar-refractivity contribution in [3.8, 4) is 0 Å². The molecule has 2 heteroatoms. The summed E-state index contributed by atoms with van der Waals surface area (Å²) in [5.41, 5.74) is 0. The second-order valence-corrected chi connectivity index (χ2v) is 5.95. The molecule has 1 heterocycles. The molecule has 1 rings (SSSR count). The van der Waals surface area contributed by atoms with E-state index in [9.17, 15) is 0 Å². The lowest BCUT2D eigenvalue weighted by atomic mass is 9.93. The monoisotopic (exact) mass is 255 g/mol. The summed E-state index contributed by atoms with van der Waals surface area (Å²) < 4.78 is 5.83. The Balaban J connectivity index is 2.23. The van der Waals surface area contributed by atoms with Crippen LogP contribution >= 0.6 is 0 Å². The van der Waals surface area contributed by atoms with Crippen molar-refractivity contribution in [1.82, 2.24) is 5.32 Å². The molecule has 1 N–H and O–H groups in total. The van der Waals surface area contributed by atoms with E-state index in [0.29, 0.717) is 12.1 Å². The molecule has 3 atom stereocenters. The first-order chi connectivity index (χ1) is 8.76. The number of ether oxygens (including phenoxy) is 1. The van der Waals surface area contributed by atoms with Gasteiger partial charge in [0.05, 0.1) is 6.10 Å². The molecule has 18 heavy (non-hydrogen) atoms. The van der Waals surface area contributed by atoms with Gasteiger partial charge in [0.2, 0.25) is 0 Å². The summed E-state index contributed by atoms with van der Waals surface area (Å²) in [7, 11) is 0. The van der Waals surface area contributed by atoms with Gasteiger partial charge >= 0.3 is 0 Å². The molecule has 1 fully saturated rings. The predicted molar refractivity (Wildman–Crippen MR) is 79.0 cm³/mol. The third-order valence-electron chi connectivity index (χ3n) is 4.07. The second kappa shape index (κ2) is 9.80. The fourth-order valence-corrected chi connectivity index (χ4v) is 3.11. The molecule has 2 nitrogen and oxygen atoms in total. The van der Waals surface area contributed by atoms with E-state index in [0.717, 1.165) is 19.1 Å². The van der Waals surface area contributed by atoms with Crippen LogP contribution in [0.2, 0.25) is 0 Å². The molecule has 0 radical (unpaired) electrons. The van der Waals surface area contributed by atoms with Crippen LogP contribution in [0.1, 0.15) is 72.1 Å². The van der Waals surface area contributed by atoms with Crippen LogP contribution in [0.5, 0.6) is 0 Å². The van der Waals surface area contributed by atoms with Gasteiger partial charge in [0, 0.05) is 12.6 Å². The van der Waals surface area contributed by atoms with Crippen LogP contribution in [-0.4, -0.2) is 25.3 Å². The molecule has 1 aliphatic heterocycles. The van der Waals surface area contributed by atoms with E-state index in [1.807, 2.05) is 0 Å². The van der Waals surface area contributed by atoms with Gasteiger partial charge in [0.15, 0.2) is 0 Å². The summed E-state index contributed by atoms with van der Waals surface area (Å²) in [5, 5.41) is 3.66. The Morgan fingerprint density at radius 1 is 1.22 bits per heavy atom. The lowest BCUT2D eigenvalue weighted by Gasteiger charge is -2.26. The van der Waals surface area contributed by atoms with Crippen molar-refractivity contribution in [2.75, 3.05) is 13.2 Å². The lowest BCUT2D eigenvalue weighted by molar-refractivity contribution is 0.00821. The lowest BCUT2D eigenvalue weighted by Crippen LogP contribution is -2.32. The zero-order valence-electron chi connectivity index (χ0n) is 12.7. The van der Waals surface area contributed by atoms with E-state index in [1.54, 1.807) is 0 Å². The van der Waals surface area contributed by atoms with E-state index in [1.165, 1.54) is 51.4 Å². The van der Waals surface area contributed by atoms with Gasteiger partial charge in [-0.25, -0.2) is 0 Å². The highest BCUT2D eigenvalue weighted by molar-refractivity contribution is 4.73. The van der Waals surface area contributed by atoms with Crippen molar-refractivity contribution in [1.29, 1.82) is 0 Å². The van der Waals surface area contributed by atoms with Crippen molar-refractivity contribution in [2.24, 2.45) is 5.92 Å². The fourth-order valence-electron chi connectivity index (χ4n) is 3.11. The molecule has 108 valence electrons. The standard InChI is InChI=1S/C16H33NO/c1-4-8-14(3)13-15(17-5-2)10-11-16-9-6-7-12-18-16/h14-17H,4-13H2,1-3H3. The Morgan fingerprint density at radius 3 is 2.67 bits per heavy atom. The molecule has 0 amide bonds. The summed E-state index contributed by atoms with van der Waals surface area (Å²) in [4.78, 5) is 0. The molecule has 0 bridgehead atoms. The number of nitrogens with one attached hydrogen (secondary N) is 1. The topological polar surface area (TPSA) is 21.3 Å². The van der Waals surface area contributed by atoms with E-state index in [4.69, 9.17) is 4.74 Å².